The third-order valence-corrected chi connectivity index (χ3v) is 5.78. The molecule has 2 aliphatic rings. The van der Waals surface area contributed by atoms with Crippen LogP contribution in [0.15, 0.2) is 16.6 Å². The highest BCUT2D eigenvalue weighted by atomic mass is 79.9. The van der Waals surface area contributed by atoms with E-state index in [0.29, 0.717) is 15.9 Å². The predicted molar refractivity (Wildman–Crippen MR) is 79.6 cm³/mol. The van der Waals surface area contributed by atoms with Gasteiger partial charge in [-0.15, -0.1) is 0 Å². The van der Waals surface area contributed by atoms with E-state index < -0.39 is 0 Å². The number of fused-ring (bicyclic) bond motifs is 3. The van der Waals surface area contributed by atoms with Crippen LogP contribution in [0.4, 0.5) is 0 Å². The van der Waals surface area contributed by atoms with Gasteiger partial charge in [-0.25, -0.2) is 0 Å². The van der Waals surface area contributed by atoms with Crippen LogP contribution in [-0.2, 0) is 11.2 Å². The van der Waals surface area contributed by atoms with Crippen LogP contribution in [0.5, 0.6) is 5.75 Å². The molecule has 100 valence electrons. The monoisotopic (exact) mass is 340 g/mol. The van der Waals surface area contributed by atoms with Crippen molar-refractivity contribution >= 4 is 38.9 Å². The molecule has 1 unspecified atom stereocenters. The number of rotatable bonds is 1. The molecule has 19 heavy (non-hydrogen) atoms. The number of hydrogen-bond donors (Lipinski definition) is 1. The summed E-state index contributed by atoms with van der Waals surface area (Å²) in [5.74, 6) is 0.291. The smallest absolute Gasteiger partial charge is 0.171 e. The van der Waals surface area contributed by atoms with E-state index in [-0.39, 0.29) is 16.9 Å². The van der Waals surface area contributed by atoms with E-state index >= 15 is 0 Å². The molecule has 2 aliphatic carbocycles. The van der Waals surface area contributed by atoms with Crippen LogP contribution >= 0.6 is 27.5 Å². The average molecular weight is 342 g/mol. The normalized spacial score (nSPS) is 25.5. The van der Waals surface area contributed by atoms with E-state index in [4.69, 9.17) is 11.6 Å². The maximum atomic E-state index is 12.1. The minimum absolute atomic E-state index is 0.0524. The molecule has 0 amide bonds. The van der Waals surface area contributed by atoms with Crippen molar-refractivity contribution in [3.05, 3.63) is 32.8 Å². The number of benzene rings is 1. The van der Waals surface area contributed by atoms with Crippen LogP contribution in [0, 0.1) is 5.41 Å². The molecule has 0 heterocycles. The Balaban J connectivity index is 2.29. The molecular weight excluding hydrogens is 328 g/mol. The molecule has 0 aromatic heterocycles. The van der Waals surface area contributed by atoms with Crippen molar-refractivity contribution in [3.63, 3.8) is 0 Å². The summed E-state index contributed by atoms with van der Waals surface area (Å²) in [6.45, 7) is 2.13. The number of Topliss-reactive ketones (excluding diaryl/α,β-unsaturated/α-hetero) is 1. The van der Waals surface area contributed by atoms with Crippen LogP contribution in [0.25, 0.3) is 5.57 Å². The molecule has 0 saturated carbocycles. The molecule has 0 bridgehead atoms. The van der Waals surface area contributed by atoms with Crippen molar-refractivity contribution in [1.29, 1.82) is 0 Å². The molecule has 4 heteroatoms. The second-order valence-electron chi connectivity index (χ2n) is 5.35. The van der Waals surface area contributed by atoms with Gasteiger partial charge in [0, 0.05) is 11.8 Å². The van der Waals surface area contributed by atoms with Gasteiger partial charge in [0.1, 0.15) is 5.75 Å². The van der Waals surface area contributed by atoms with Crippen LogP contribution in [0.1, 0.15) is 37.3 Å². The van der Waals surface area contributed by atoms with E-state index in [0.717, 1.165) is 36.0 Å². The molecule has 0 fully saturated rings. The van der Waals surface area contributed by atoms with Gasteiger partial charge in [0.15, 0.2) is 5.78 Å². The summed E-state index contributed by atoms with van der Waals surface area (Å²) in [5.41, 5.74) is 3.02. The maximum Gasteiger partial charge on any atom is 0.171 e. The SMILES string of the molecule is CCC12CCc3c(ccc(O)c3Cl)C1=C(Br)C(=O)C2. The summed E-state index contributed by atoms with van der Waals surface area (Å²) in [5, 5.41) is 10.2. The molecule has 1 aromatic carbocycles. The number of ketones is 1. The van der Waals surface area contributed by atoms with Crippen LogP contribution in [0.3, 0.4) is 0 Å². The number of phenolic OH excluding ortho intramolecular Hbond substituents is 1. The second-order valence-corrected chi connectivity index (χ2v) is 6.52. The van der Waals surface area contributed by atoms with E-state index in [1.807, 2.05) is 6.07 Å². The first-order valence-corrected chi connectivity index (χ1v) is 7.61. The van der Waals surface area contributed by atoms with Gasteiger partial charge in [0.2, 0.25) is 0 Å². The quantitative estimate of drug-likeness (QED) is 0.818. The molecule has 0 saturated heterocycles. The van der Waals surface area contributed by atoms with Gasteiger partial charge in [-0.2, -0.15) is 0 Å². The summed E-state index contributed by atoms with van der Waals surface area (Å²) < 4.78 is 0.692. The molecule has 0 radical (unpaired) electrons. The van der Waals surface area contributed by atoms with E-state index in [9.17, 15) is 9.90 Å². The molecular formula is C15H14BrClO2. The van der Waals surface area contributed by atoms with Crippen LogP contribution < -0.4 is 0 Å². The highest BCUT2D eigenvalue weighted by Gasteiger charge is 2.46. The fourth-order valence-electron chi connectivity index (χ4n) is 3.39. The summed E-state index contributed by atoms with van der Waals surface area (Å²) in [6.07, 6.45) is 3.25. The van der Waals surface area contributed by atoms with Gasteiger partial charge < -0.3 is 5.11 Å². The Morgan fingerprint density at radius 1 is 1.47 bits per heavy atom. The van der Waals surface area contributed by atoms with Crippen molar-refractivity contribution in [1.82, 2.24) is 0 Å². The molecule has 2 nitrogen and oxygen atoms in total. The van der Waals surface area contributed by atoms with Gasteiger partial charge in [0.05, 0.1) is 9.51 Å². The lowest BCUT2D eigenvalue weighted by molar-refractivity contribution is -0.115. The van der Waals surface area contributed by atoms with E-state index in [1.54, 1.807) is 6.07 Å². The Morgan fingerprint density at radius 3 is 2.89 bits per heavy atom. The van der Waals surface area contributed by atoms with Gasteiger partial charge in [-0.3, -0.25) is 4.79 Å². The third-order valence-electron chi connectivity index (χ3n) is 4.52. The van der Waals surface area contributed by atoms with Crippen LogP contribution in [-0.4, -0.2) is 10.9 Å². The standard InChI is InChI=1S/C15H14BrClO2/c1-2-15-6-5-9-8(3-4-10(18)14(9)17)12(15)13(16)11(19)7-15/h3-4,18H,2,5-7H2,1H3. The Bertz CT molecular complexity index is 621. The van der Waals surface area contributed by atoms with E-state index in [1.165, 1.54) is 0 Å². The van der Waals surface area contributed by atoms with Gasteiger partial charge in [0.25, 0.3) is 0 Å². The van der Waals surface area contributed by atoms with E-state index in [2.05, 4.69) is 22.9 Å². The first-order valence-electron chi connectivity index (χ1n) is 6.44. The molecule has 1 aromatic rings. The lowest BCUT2D eigenvalue weighted by atomic mass is 9.67. The van der Waals surface area contributed by atoms with Gasteiger partial charge in [-0.05, 0) is 58.0 Å². The Hall–Kier alpha value is -0.800. The highest BCUT2D eigenvalue weighted by molar-refractivity contribution is 9.12. The molecule has 1 atom stereocenters. The first kappa shape index (κ1) is 13.2. The molecule has 1 N–H and O–H groups in total. The number of halogens is 2. The zero-order chi connectivity index (χ0) is 13.8. The minimum atomic E-state index is -0.0524. The Morgan fingerprint density at radius 2 is 2.21 bits per heavy atom. The molecule has 3 rings (SSSR count). The van der Waals surface area contributed by atoms with Crippen LogP contribution in [0.2, 0.25) is 5.02 Å². The zero-order valence-corrected chi connectivity index (χ0v) is 12.9. The number of carbonyl (C=O) groups is 1. The maximum absolute atomic E-state index is 12.1. The fourth-order valence-corrected chi connectivity index (χ4v) is 4.43. The molecule has 0 aliphatic heterocycles. The highest BCUT2D eigenvalue weighted by Crippen LogP contribution is 2.58. The lowest BCUT2D eigenvalue weighted by Crippen LogP contribution is -2.25. The number of hydrogen-bond acceptors (Lipinski definition) is 2. The zero-order valence-electron chi connectivity index (χ0n) is 10.6. The molecule has 0 spiro atoms. The Labute approximate surface area is 125 Å². The number of phenols is 1. The average Bonchev–Trinajstić information content (AvgIpc) is 2.67. The number of carbonyl (C=O) groups excluding carboxylic acids is 1. The van der Waals surface area contributed by atoms with Crippen molar-refractivity contribution in [2.75, 3.05) is 0 Å². The third kappa shape index (κ3) is 1.71. The second kappa shape index (κ2) is 4.35. The van der Waals surface area contributed by atoms with Crippen molar-refractivity contribution in [3.8, 4) is 5.75 Å². The Kier molecular flexibility index (Phi) is 3.02. The topological polar surface area (TPSA) is 37.3 Å². The number of allylic oxidation sites excluding steroid dienone is 2. The first-order chi connectivity index (χ1) is 9.00. The fraction of sp³-hybridized carbons (Fsp3) is 0.400. The summed E-state index contributed by atoms with van der Waals surface area (Å²) in [4.78, 5) is 12.1. The van der Waals surface area contributed by atoms with Crippen molar-refractivity contribution < 1.29 is 9.90 Å². The van der Waals surface area contributed by atoms with Crippen molar-refractivity contribution in [2.45, 2.75) is 32.6 Å². The number of aromatic hydroxyl groups is 1. The predicted octanol–water partition coefficient (Wildman–Crippen LogP) is 4.47. The summed E-state index contributed by atoms with van der Waals surface area (Å²) in [7, 11) is 0. The summed E-state index contributed by atoms with van der Waals surface area (Å²) >= 11 is 9.66. The summed E-state index contributed by atoms with van der Waals surface area (Å²) in [6, 6.07) is 3.50. The largest absolute Gasteiger partial charge is 0.506 e. The lowest BCUT2D eigenvalue weighted by Gasteiger charge is -2.36. The van der Waals surface area contributed by atoms with Crippen molar-refractivity contribution in [2.24, 2.45) is 5.41 Å². The minimum Gasteiger partial charge on any atom is -0.506 e. The van der Waals surface area contributed by atoms with Gasteiger partial charge >= 0.3 is 0 Å². The van der Waals surface area contributed by atoms with Gasteiger partial charge in [-0.1, -0.05) is 24.6 Å².